The van der Waals surface area contributed by atoms with Crippen molar-refractivity contribution in [3.8, 4) is 5.82 Å². The van der Waals surface area contributed by atoms with E-state index in [1.165, 1.54) is 47.9 Å². The molecule has 8 heteroatoms. The van der Waals surface area contributed by atoms with Crippen molar-refractivity contribution in [3.63, 3.8) is 0 Å². The third-order valence-electron chi connectivity index (χ3n) is 15.8. The Morgan fingerprint density at radius 2 is 1.03 bits per heavy atom. The van der Waals surface area contributed by atoms with Crippen LogP contribution in [-0.2, 0) is 21.1 Å². The molecule has 5 nitrogen and oxygen atoms in total. The molecule has 76 heavy (non-hydrogen) atoms. The number of nitrogens with zero attached hydrogens (tertiary/aromatic N) is 5. The Balaban J connectivity index is 0.00000528. The molecule has 0 radical (unpaired) electrons. The predicted molar refractivity (Wildman–Crippen MR) is 315 cm³/mol. The van der Waals surface area contributed by atoms with E-state index in [0.29, 0.717) is 0 Å². The fraction of sp³-hybridized carbons (Fsp3) is 0. The van der Waals surface area contributed by atoms with Crippen LogP contribution in [0.5, 0.6) is 0 Å². The van der Waals surface area contributed by atoms with E-state index >= 15 is 0 Å². The number of para-hydroxylation sites is 3. The largest absolute Gasteiger partial charge is 2.00 e. The average molecular weight is 1180 g/mol. The van der Waals surface area contributed by atoms with Gasteiger partial charge in [0.15, 0.2) is 8.07 Å². The predicted octanol–water partition coefficient (Wildman–Crippen LogP) is 10.3. The zero-order chi connectivity index (χ0) is 49.5. The van der Waals surface area contributed by atoms with Gasteiger partial charge in [0.25, 0.3) is 0 Å². The van der Waals surface area contributed by atoms with Crippen molar-refractivity contribution in [2.45, 2.75) is 0 Å². The standard InChI is InChI=1S/C68H45N5Si2.Pt/c1-6-22-48(23-7-1)72-60-34-18-19-35-63(60)75(51-28-12-4-13-29-51,52-30-14-5-15-31-52)64-42-41-61-66(67(64)72)57-40-38-54(47-62(57)73(61)65-36-20-21-43-69-65)74(49-24-8-2-9-25-49,50-26-10-3-11-27-50)53-37-39-55-56-32-16-17-33-59(56)71-45-44-70-68(71)58(55)46-53;/h1-45H;/q-2;+2. The van der Waals surface area contributed by atoms with Crippen molar-refractivity contribution >= 4 is 124 Å². The van der Waals surface area contributed by atoms with Crippen LogP contribution in [0.15, 0.2) is 273 Å². The average Bonchev–Trinajstić information content (AvgIpc) is 4.28. The van der Waals surface area contributed by atoms with Crippen LogP contribution in [0.1, 0.15) is 0 Å². The van der Waals surface area contributed by atoms with Crippen molar-refractivity contribution in [2.75, 3.05) is 4.90 Å². The summed E-state index contributed by atoms with van der Waals surface area (Å²) in [5.74, 6) is 0.834. The minimum Gasteiger partial charge on any atom is -0.340 e. The van der Waals surface area contributed by atoms with E-state index in [1.54, 1.807) is 0 Å². The van der Waals surface area contributed by atoms with Gasteiger partial charge in [-0.2, -0.15) is 23.4 Å². The SMILES string of the molecule is [Pt+2].[c-]1c([Si](c2[c-]c3c(cc2)c2c4c(ccc2n3-c2ccccn2)[Si](c2ccccc2)(c2ccccc2)c2ccccc2N4c2ccccc2)(c2ccccc2)c2ccccc2)ccc2c1c1nccn1c1ccccc21. The molecule has 0 saturated heterocycles. The van der Waals surface area contributed by atoms with Crippen LogP contribution in [0.3, 0.4) is 0 Å². The number of hydrogen-bond acceptors (Lipinski definition) is 3. The molecule has 0 amide bonds. The van der Waals surface area contributed by atoms with E-state index in [1.807, 2.05) is 18.5 Å². The van der Waals surface area contributed by atoms with Gasteiger partial charge in [-0.25, -0.2) is 4.98 Å². The van der Waals surface area contributed by atoms with Crippen molar-refractivity contribution in [1.82, 2.24) is 18.9 Å². The Morgan fingerprint density at radius 1 is 0.434 bits per heavy atom. The minimum atomic E-state index is -3.28. The Hall–Kier alpha value is -8.72. The number of rotatable bonds is 8. The van der Waals surface area contributed by atoms with Gasteiger partial charge in [-0.3, -0.25) is 4.98 Å². The normalized spacial score (nSPS) is 13.0. The number of benzene rings is 10. The summed E-state index contributed by atoms with van der Waals surface area (Å²) in [5, 5.41) is 15.7. The maximum atomic E-state index is 5.15. The molecule has 0 saturated carbocycles. The molecule has 14 aromatic rings. The number of fused-ring (bicyclic) bond motifs is 12. The molecule has 5 heterocycles. The minimum absolute atomic E-state index is 0. The summed E-state index contributed by atoms with van der Waals surface area (Å²) in [7, 11) is -6.31. The second kappa shape index (κ2) is 18.3. The molecule has 4 aromatic heterocycles. The van der Waals surface area contributed by atoms with Crippen LogP contribution in [0.25, 0.3) is 54.9 Å². The van der Waals surface area contributed by atoms with E-state index in [2.05, 4.69) is 281 Å². The summed E-state index contributed by atoms with van der Waals surface area (Å²) in [6.07, 6.45) is 5.88. The summed E-state index contributed by atoms with van der Waals surface area (Å²) in [4.78, 5) is 12.7. The summed E-state index contributed by atoms with van der Waals surface area (Å²) in [6.45, 7) is 0. The summed E-state index contributed by atoms with van der Waals surface area (Å²) >= 11 is 0. The van der Waals surface area contributed by atoms with Crippen LogP contribution in [-0.4, -0.2) is 35.1 Å². The molecule has 0 spiro atoms. The first-order valence-electron chi connectivity index (χ1n) is 25.6. The van der Waals surface area contributed by atoms with E-state index in [-0.39, 0.29) is 21.1 Å². The second-order valence-corrected chi connectivity index (χ2v) is 26.9. The van der Waals surface area contributed by atoms with Crippen LogP contribution in [0.2, 0.25) is 0 Å². The van der Waals surface area contributed by atoms with Crippen LogP contribution >= 0.6 is 0 Å². The molecule has 0 bridgehead atoms. The maximum absolute atomic E-state index is 5.15. The Morgan fingerprint density at radius 3 is 1.71 bits per heavy atom. The fourth-order valence-electron chi connectivity index (χ4n) is 12.8. The quantitative estimate of drug-likeness (QED) is 0.0659. The number of aromatic nitrogens is 4. The van der Waals surface area contributed by atoms with E-state index in [9.17, 15) is 0 Å². The number of anilines is 3. The first kappa shape index (κ1) is 45.9. The molecule has 0 N–H and O–H groups in total. The molecule has 0 unspecified atom stereocenters. The zero-order valence-electron chi connectivity index (χ0n) is 41.0. The molecule has 0 atom stereocenters. The first-order valence-corrected chi connectivity index (χ1v) is 29.6. The zero-order valence-corrected chi connectivity index (χ0v) is 45.3. The molecule has 1 aliphatic heterocycles. The van der Waals surface area contributed by atoms with E-state index in [4.69, 9.17) is 9.97 Å². The van der Waals surface area contributed by atoms with Crippen molar-refractivity contribution in [3.05, 3.63) is 286 Å². The number of pyridine rings is 2. The maximum Gasteiger partial charge on any atom is 2.00 e. The van der Waals surface area contributed by atoms with Gasteiger partial charge < -0.3 is 13.9 Å². The Labute approximate surface area is 456 Å². The van der Waals surface area contributed by atoms with Gasteiger partial charge in [0, 0.05) is 46.7 Å². The van der Waals surface area contributed by atoms with Crippen molar-refractivity contribution in [2.24, 2.45) is 0 Å². The van der Waals surface area contributed by atoms with Gasteiger partial charge in [-0.1, -0.05) is 204 Å². The van der Waals surface area contributed by atoms with Gasteiger partial charge >= 0.3 is 21.1 Å². The molecule has 360 valence electrons. The van der Waals surface area contributed by atoms with Gasteiger partial charge in [-0.15, -0.1) is 28.8 Å². The van der Waals surface area contributed by atoms with Crippen LogP contribution < -0.4 is 46.4 Å². The van der Waals surface area contributed by atoms with E-state index in [0.717, 1.165) is 65.6 Å². The molecule has 0 fully saturated rings. The smallest absolute Gasteiger partial charge is 0.340 e. The summed E-state index contributed by atoms with van der Waals surface area (Å²) in [5.41, 5.74) is 7.53. The number of hydrogen-bond donors (Lipinski definition) is 0. The third kappa shape index (κ3) is 6.59. The number of imidazole rings is 1. The Bertz CT molecular complexity index is 4400. The Kier molecular flexibility index (Phi) is 11.0. The second-order valence-electron chi connectivity index (χ2n) is 19.5. The third-order valence-corrected chi connectivity index (χ3v) is 25.2. The summed E-state index contributed by atoms with van der Waals surface area (Å²) in [6, 6.07) is 102. The molecule has 15 rings (SSSR count). The van der Waals surface area contributed by atoms with Gasteiger partial charge in [0.2, 0.25) is 0 Å². The molecular formula is C68H45N5PtSi2. The monoisotopic (exact) mass is 1180 g/mol. The first-order chi connectivity index (χ1) is 37.2. The fourth-order valence-corrected chi connectivity index (χ4v) is 22.4. The molecule has 10 aromatic carbocycles. The van der Waals surface area contributed by atoms with Gasteiger partial charge in [0.1, 0.15) is 13.9 Å². The van der Waals surface area contributed by atoms with E-state index < -0.39 is 16.1 Å². The molecule has 0 aliphatic carbocycles. The molecular weight excluding hydrogens is 1140 g/mol. The van der Waals surface area contributed by atoms with Crippen molar-refractivity contribution < 1.29 is 21.1 Å². The molecule has 1 aliphatic rings. The van der Waals surface area contributed by atoms with Crippen molar-refractivity contribution in [1.29, 1.82) is 0 Å². The van der Waals surface area contributed by atoms with Crippen LogP contribution in [0.4, 0.5) is 17.1 Å². The van der Waals surface area contributed by atoms with Crippen LogP contribution in [0, 0.1) is 12.1 Å². The van der Waals surface area contributed by atoms with Gasteiger partial charge in [0.05, 0.1) is 5.65 Å². The summed E-state index contributed by atoms with van der Waals surface area (Å²) < 4.78 is 4.58. The van der Waals surface area contributed by atoms with Gasteiger partial charge in [-0.05, 0) is 84.4 Å². The topological polar surface area (TPSA) is 38.4 Å².